The van der Waals surface area contributed by atoms with Crippen LogP contribution in [0.2, 0.25) is 0 Å². The van der Waals surface area contributed by atoms with Crippen LogP contribution in [-0.2, 0) is 19.9 Å². The molecule has 9 nitrogen and oxygen atoms in total. The summed E-state index contributed by atoms with van der Waals surface area (Å²) < 4.78 is 55.0. The van der Waals surface area contributed by atoms with Crippen LogP contribution < -0.4 is 9.62 Å². The molecule has 11 heteroatoms. The SMILES string of the molecule is CNC(=O)c1c(-c2ccc(C)cc2)oc2nc(N(CCCS(C)(=O)=O)S(C)(=O)=O)c(C)cc12. The zero-order chi connectivity index (χ0) is 24.6. The number of sulfone groups is 1. The standard InChI is InChI=1S/C22H27N3O6S2/c1-14-7-9-16(10-8-14)19-18(21(26)23-3)17-13-15(2)20(24-22(17)31-19)25(33(5,29)30)11-6-12-32(4,27)28/h7-10,13H,6,11-12H2,1-5H3,(H,23,26). The summed E-state index contributed by atoms with van der Waals surface area (Å²) in [7, 11) is -5.48. The first-order valence-electron chi connectivity index (χ1n) is 10.2. The Morgan fingerprint density at radius 1 is 1.09 bits per heavy atom. The number of amides is 1. The van der Waals surface area contributed by atoms with Crippen LogP contribution in [0.1, 0.15) is 27.9 Å². The molecule has 2 aromatic heterocycles. The van der Waals surface area contributed by atoms with Crippen molar-refractivity contribution in [2.24, 2.45) is 0 Å². The highest BCUT2D eigenvalue weighted by Crippen LogP contribution is 2.36. The minimum Gasteiger partial charge on any atom is -0.437 e. The summed E-state index contributed by atoms with van der Waals surface area (Å²) in [6.07, 6.45) is 2.25. The highest BCUT2D eigenvalue weighted by molar-refractivity contribution is 7.92. The van der Waals surface area contributed by atoms with Crippen LogP contribution in [0.4, 0.5) is 5.82 Å². The number of anilines is 1. The van der Waals surface area contributed by atoms with Gasteiger partial charge in [0.15, 0.2) is 0 Å². The molecule has 0 aliphatic carbocycles. The molecule has 0 saturated heterocycles. The third-order valence-corrected chi connectivity index (χ3v) is 7.31. The minimum absolute atomic E-state index is 0.0565. The van der Waals surface area contributed by atoms with Gasteiger partial charge in [0, 0.05) is 25.4 Å². The molecule has 1 N–H and O–H groups in total. The van der Waals surface area contributed by atoms with E-state index in [-0.39, 0.29) is 36.2 Å². The van der Waals surface area contributed by atoms with Crippen molar-refractivity contribution in [3.05, 3.63) is 47.0 Å². The molecule has 0 aliphatic rings. The van der Waals surface area contributed by atoms with E-state index in [4.69, 9.17) is 4.42 Å². The molecule has 0 bridgehead atoms. The van der Waals surface area contributed by atoms with Crippen LogP contribution in [-0.4, -0.2) is 59.6 Å². The van der Waals surface area contributed by atoms with E-state index in [0.717, 1.165) is 22.4 Å². The number of aryl methyl sites for hydroxylation is 2. The van der Waals surface area contributed by atoms with Crippen LogP contribution in [0.3, 0.4) is 0 Å². The zero-order valence-corrected chi connectivity index (χ0v) is 20.8. The quantitative estimate of drug-likeness (QED) is 0.511. The minimum atomic E-state index is -3.75. The molecule has 0 saturated carbocycles. The maximum atomic E-state index is 12.7. The van der Waals surface area contributed by atoms with Crippen molar-refractivity contribution in [3.63, 3.8) is 0 Å². The number of sulfonamides is 1. The van der Waals surface area contributed by atoms with Gasteiger partial charge in [-0.2, -0.15) is 4.98 Å². The third-order valence-electron chi connectivity index (χ3n) is 5.13. The lowest BCUT2D eigenvalue weighted by molar-refractivity contribution is 0.0964. The van der Waals surface area contributed by atoms with E-state index in [1.807, 2.05) is 31.2 Å². The number of benzene rings is 1. The van der Waals surface area contributed by atoms with Crippen molar-refractivity contribution in [2.75, 3.05) is 36.2 Å². The van der Waals surface area contributed by atoms with Gasteiger partial charge in [-0.3, -0.25) is 9.10 Å². The van der Waals surface area contributed by atoms with Crippen molar-refractivity contribution >= 4 is 42.7 Å². The molecular weight excluding hydrogens is 466 g/mol. The molecule has 3 rings (SSSR count). The molecule has 0 unspecified atom stereocenters. The number of carbonyl (C=O) groups excluding carboxylic acids is 1. The molecule has 0 aliphatic heterocycles. The Hall–Kier alpha value is -2.92. The van der Waals surface area contributed by atoms with Gasteiger partial charge in [-0.05, 0) is 31.9 Å². The monoisotopic (exact) mass is 493 g/mol. The van der Waals surface area contributed by atoms with Gasteiger partial charge in [0.05, 0.1) is 23.0 Å². The van der Waals surface area contributed by atoms with Crippen LogP contribution in [0, 0.1) is 13.8 Å². The highest BCUT2D eigenvalue weighted by atomic mass is 32.2. The summed E-state index contributed by atoms with van der Waals surface area (Å²) in [5.74, 6) is -0.0478. The predicted octanol–water partition coefficient (Wildman–Crippen LogP) is 2.67. The largest absolute Gasteiger partial charge is 0.437 e. The zero-order valence-electron chi connectivity index (χ0n) is 19.2. The third kappa shape index (κ3) is 5.53. The second kappa shape index (κ2) is 9.14. The Morgan fingerprint density at radius 2 is 1.73 bits per heavy atom. The number of nitrogens with zero attached hydrogens (tertiary/aromatic N) is 2. The lowest BCUT2D eigenvalue weighted by atomic mass is 10.0. The van der Waals surface area contributed by atoms with Gasteiger partial charge in [-0.15, -0.1) is 0 Å². The number of furan rings is 1. The molecule has 178 valence electrons. The van der Waals surface area contributed by atoms with Gasteiger partial charge in [-0.1, -0.05) is 29.8 Å². The average molecular weight is 494 g/mol. The first kappa shape index (κ1) is 24.7. The summed E-state index contributed by atoms with van der Waals surface area (Å²) in [6, 6.07) is 9.13. The normalized spacial score (nSPS) is 12.2. The van der Waals surface area contributed by atoms with Gasteiger partial charge in [0.1, 0.15) is 21.4 Å². The average Bonchev–Trinajstić information content (AvgIpc) is 3.07. The first-order valence-corrected chi connectivity index (χ1v) is 14.1. The maximum absolute atomic E-state index is 12.7. The van der Waals surface area contributed by atoms with Crippen LogP contribution in [0.25, 0.3) is 22.4 Å². The first-order chi connectivity index (χ1) is 15.3. The van der Waals surface area contributed by atoms with E-state index in [1.165, 1.54) is 7.05 Å². The maximum Gasteiger partial charge on any atom is 0.255 e. The Labute approximate surface area is 193 Å². The second-order valence-corrected chi connectivity index (χ2v) is 12.2. The van der Waals surface area contributed by atoms with Crippen LogP contribution >= 0.6 is 0 Å². The lowest BCUT2D eigenvalue weighted by Crippen LogP contribution is -2.33. The van der Waals surface area contributed by atoms with E-state index in [2.05, 4.69) is 10.3 Å². The van der Waals surface area contributed by atoms with E-state index < -0.39 is 19.9 Å². The van der Waals surface area contributed by atoms with E-state index in [9.17, 15) is 21.6 Å². The number of aromatic nitrogens is 1. The predicted molar refractivity (Wildman–Crippen MR) is 129 cm³/mol. The van der Waals surface area contributed by atoms with E-state index >= 15 is 0 Å². The van der Waals surface area contributed by atoms with Gasteiger partial charge >= 0.3 is 0 Å². The van der Waals surface area contributed by atoms with E-state index in [0.29, 0.717) is 27.8 Å². The number of fused-ring (bicyclic) bond motifs is 1. The molecule has 0 atom stereocenters. The summed E-state index contributed by atoms with van der Waals surface area (Å²) in [5, 5.41) is 3.07. The topological polar surface area (TPSA) is 127 Å². The van der Waals surface area contributed by atoms with Crippen molar-refractivity contribution in [2.45, 2.75) is 20.3 Å². The molecule has 1 aromatic carbocycles. The number of rotatable bonds is 8. The van der Waals surface area contributed by atoms with Crippen LogP contribution in [0.5, 0.6) is 0 Å². The molecule has 0 spiro atoms. The number of hydrogen-bond donors (Lipinski definition) is 1. The van der Waals surface area contributed by atoms with Gasteiger partial charge < -0.3 is 9.73 Å². The highest BCUT2D eigenvalue weighted by Gasteiger charge is 2.27. The van der Waals surface area contributed by atoms with Crippen molar-refractivity contribution < 1.29 is 26.0 Å². The smallest absolute Gasteiger partial charge is 0.255 e. The Morgan fingerprint density at radius 3 is 2.27 bits per heavy atom. The molecular formula is C22H27N3O6S2. The molecule has 33 heavy (non-hydrogen) atoms. The summed E-state index contributed by atoms with van der Waals surface area (Å²) in [4.78, 5) is 17.2. The summed E-state index contributed by atoms with van der Waals surface area (Å²) >= 11 is 0. The summed E-state index contributed by atoms with van der Waals surface area (Å²) in [5.41, 5.74) is 2.66. The molecule has 0 radical (unpaired) electrons. The molecule has 0 fully saturated rings. The van der Waals surface area contributed by atoms with Crippen molar-refractivity contribution in [1.82, 2.24) is 10.3 Å². The van der Waals surface area contributed by atoms with Crippen molar-refractivity contribution in [1.29, 1.82) is 0 Å². The van der Waals surface area contributed by atoms with E-state index in [1.54, 1.807) is 13.0 Å². The number of hydrogen-bond acceptors (Lipinski definition) is 7. The van der Waals surface area contributed by atoms with Gasteiger partial charge in [0.25, 0.3) is 5.91 Å². The van der Waals surface area contributed by atoms with Gasteiger partial charge in [-0.25, -0.2) is 16.8 Å². The Kier molecular flexibility index (Phi) is 6.85. The number of nitrogens with one attached hydrogen (secondary N) is 1. The fourth-order valence-electron chi connectivity index (χ4n) is 3.52. The fraction of sp³-hybridized carbons (Fsp3) is 0.364. The molecule has 2 heterocycles. The Balaban J connectivity index is 2.17. The molecule has 1 amide bonds. The molecule has 3 aromatic rings. The summed E-state index contributed by atoms with van der Waals surface area (Å²) in [6.45, 7) is 3.57. The Bertz CT molecular complexity index is 1410. The fourth-order valence-corrected chi connectivity index (χ4v) is 5.14. The lowest BCUT2D eigenvalue weighted by Gasteiger charge is -2.22. The van der Waals surface area contributed by atoms with Gasteiger partial charge in [0.2, 0.25) is 15.7 Å². The second-order valence-electron chi connectivity index (χ2n) is 8.05. The number of carbonyl (C=O) groups is 1. The number of pyridine rings is 1. The van der Waals surface area contributed by atoms with Crippen LogP contribution in [0.15, 0.2) is 34.7 Å². The van der Waals surface area contributed by atoms with Crippen molar-refractivity contribution in [3.8, 4) is 11.3 Å².